The summed E-state index contributed by atoms with van der Waals surface area (Å²) in [4.78, 5) is 22.4. The molecule has 0 aliphatic rings. The number of amides is 1. The second kappa shape index (κ2) is 9.93. The third-order valence-electron chi connectivity index (χ3n) is 3.79. The molecule has 0 spiro atoms. The molecule has 0 aliphatic heterocycles. The minimum Gasteiger partial charge on any atom is -0.494 e. The average Bonchev–Trinajstić information content (AvgIpc) is 2.71. The second-order valence-electron chi connectivity index (χ2n) is 6.00. The first-order valence-corrected chi connectivity index (χ1v) is 8.95. The van der Waals surface area contributed by atoms with Crippen molar-refractivity contribution in [1.82, 2.24) is 10.9 Å². The number of nitrogens with one attached hydrogen (secondary N) is 3. The Balaban J connectivity index is 1.92. The van der Waals surface area contributed by atoms with Gasteiger partial charge in [0, 0.05) is 6.07 Å². The normalized spacial score (nSPS) is 11.8. The number of hydrazine groups is 1. The fourth-order valence-corrected chi connectivity index (χ4v) is 2.43. The van der Waals surface area contributed by atoms with Crippen LogP contribution in [0.3, 0.4) is 0 Å². The maximum Gasteiger partial charge on any atom is 0.416 e. The number of non-ortho nitro benzene ring substituents is 1. The molecule has 31 heavy (non-hydrogen) atoms. The summed E-state index contributed by atoms with van der Waals surface area (Å²) in [6.07, 6.45) is -5.68. The van der Waals surface area contributed by atoms with Crippen LogP contribution < -0.4 is 25.6 Å². The number of halogens is 3. The number of nitro groups is 1. The molecule has 0 unspecified atom stereocenters. The summed E-state index contributed by atoms with van der Waals surface area (Å²) in [7, 11) is 1.31. The standard InChI is InChI=1S/C18H17F3N4O5S/c1-10(30-13-5-3-4-11(8-13)18(19,20)21)16(26)23-24-17(31)22-14-7-6-12(25(27)28)9-15(14)29-2/h3-10H,1-2H3,(H,23,26)(H2,22,24,31)/t10-/m1/s1. The minimum atomic E-state index is -4.54. The van der Waals surface area contributed by atoms with Crippen molar-refractivity contribution in [2.75, 3.05) is 12.4 Å². The number of nitrogens with zero attached hydrogens (tertiary/aromatic N) is 1. The molecule has 3 N–H and O–H groups in total. The summed E-state index contributed by atoms with van der Waals surface area (Å²) in [5.74, 6) is -0.697. The Kier molecular flexibility index (Phi) is 7.58. The average molecular weight is 458 g/mol. The SMILES string of the molecule is COc1cc([N+](=O)[O-])ccc1NC(=S)NNC(=O)[C@@H](C)Oc1cccc(C(F)(F)F)c1. The van der Waals surface area contributed by atoms with Crippen LogP contribution >= 0.6 is 12.2 Å². The van der Waals surface area contributed by atoms with Gasteiger partial charge in [-0.05, 0) is 43.4 Å². The van der Waals surface area contributed by atoms with E-state index >= 15 is 0 Å². The molecular weight excluding hydrogens is 441 g/mol. The van der Waals surface area contributed by atoms with Crippen molar-refractivity contribution in [3.8, 4) is 11.5 Å². The van der Waals surface area contributed by atoms with Gasteiger partial charge in [-0.2, -0.15) is 13.2 Å². The quantitative estimate of drug-likeness (QED) is 0.343. The number of anilines is 1. The molecule has 2 aromatic rings. The van der Waals surface area contributed by atoms with Crippen molar-refractivity contribution in [1.29, 1.82) is 0 Å². The molecule has 2 aromatic carbocycles. The molecule has 0 aliphatic carbocycles. The van der Waals surface area contributed by atoms with E-state index in [0.717, 1.165) is 18.2 Å². The number of methoxy groups -OCH3 is 1. The van der Waals surface area contributed by atoms with Crippen molar-refractivity contribution in [3.63, 3.8) is 0 Å². The van der Waals surface area contributed by atoms with Gasteiger partial charge in [0.25, 0.3) is 11.6 Å². The zero-order chi connectivity index (χ0) is 23.2. The van der Waals surface area contributed by atoms with Crippen LogP contribution in [0, 0.1) is 10.1 Å². The Bertz CT molecular complexity index is 987. The van der Waals surface area contributed by atoms with E-state index in [4.69, 9.17) is 21.7 Å². The van der Waals surface area contributed by atoms with Gasteiger partial charge in [0.2, 0.25) is 0 Å². The number of alkyl halides is 3. The van der Waals surface area contributed by atoms with Gasteiger partial charge < -0.3 is 14.8 Å². The van der Waals surface area contributed by atoms with Gasteiger partial charge in [-0.3, -0.25) is 25.8 Å². The van der Waals surface area contributed by atoms with Gasteiger partial charge in [0.15, 0.2) is 11.2 Å². The molecule has 0 radical (unpaired) electrons. The lowest BCUT2D eigenvalue weighted by molar-refractivity contribution is -0.384. The second-order valence-corrected chi connectivity index (χ2v) is 6.40. The number of carbonyl (C=O) groups excluding carboxylic acids is 1. The Labute approximate surface area is 179 Å². The third kappa shape index (κ3) is 6.70. The third-order valence-corrected chi connectivity index (χ3v) is 3.99. The van der Waals surface area contributed by atoms with Gasteiger partial charge in [0.05, 0.1) is 29.4 Å². The van der Waals surface area contributed by atoms with Crippen LogP contribution in [-0.4, -0.2) is 29.2 Å². The van der Waals surface area contributed by atoms with Gasteiger partial charge >= 0.3 is 6.18 Å². The number of hydrogen-bond acceptors (Lipinski definition) is 6. The maximum absolute atomic E-state index is 12.8. The highest BCUT2D eigenvalue weighted by Gasteiger charge is 2.31. The van der Waals surface area contributed by atoms with Crippen LogP contribution in [0.25, 0.3) is 0 Å². The molecule has 0 heterocycles. The van der Waals surface area contributed by atoms with E-state index in [0.29, 0.717) is 5.69 Å². The van der Waals surface area contributed by atoms with Gasteiger partial charge in [-0.15, -0.1) is 0 Å². The first kappa shape index (κ1) is 23.7. The van der Waals surface area contributed by atoms with E-state index in [2.05, 4.69) is 16.2 Å². The summed E-state index contributed by atoms with van der Waals surface area (Å²) in [5, 5.41) is 13.4. The Hall–Kier alpha value is -3.61. The highest BCUT2D eigenvalue weighted by atomic mass is 32.1. The van der Waals surface area contributed by atoms with Crippen LogP contribution in [0.2, 0.25) is 0 Å². The van der Waals surface area contributed by atoms with E-state index in [-0.39, 0.29) is 22.3 Å². The first-order valence-electron chi connectivity index (χ1n) is 8.54. The molecule has 0 saturated heterocycles. The van der Waals surface area contributed by atoms with Crippen molar-refractivity contribution in [2.24, 2.45) is 0 Å². The molecule has 13 heteroatoms. The fraction of sp³-hybridized carbons (Fsp3) is 0.222. The number of hydrogen-bond donors (Lipinski definition) is 3. The van der Waals surface area contributed by atoms with Gasteiger partial charge in [-0.1, -0.05) is 6.07 Å². The Morgan fingerprint density at radius 3 is 2.52 bits per heavy atom. The Morgan fingerprint density at radius 2 is 1.90 bits per heavy atom. The van der Waals surface area contributed by atoms with E-state index < -0.39 is 28.7 Å². The summed E-state index contributed by atoms with van der Waals surface area (Å²) in [6, 6.07) is 7.91. The van der Waals surface area contributed by atoms with Crippen LogP contribution in [0.15, 0.2) is 42.5 Å². The molecule has 166 valence electrons. The monoisotopic (exact) mass is 458 g/mol. The largest absolute Gasteiger partial charge is 0.494 e. The van der Waals surface area contributed by atoms with E-state index in [1.165, 1.54) is 38.3 Å². The van der Waals surface area contributed by atoms with Crippen LogP contribution in [0.1, 0.15) is 12.5 Å². The number of rotatable bonds is 6. The topological polar surface area (TPSA) is 115 Å². The van der Waals surface area contributed by atoms with Crippen molar-refractivity contribution in [2.45, 2.75) is 19.2 Å². The maximum atomic E-state index is 12.8. The zero-order valence-electron chi connectivity index (χ0n) is 16.1. The lowest BCUT2D eigenvalue weighted by atomic mass is 10.2. The number of carbonyl (C=O) groups is 1. The smallest absolute Gasteiger partial charge is 0.416 e. The first-order chi connectivity index (χ1) is 14.5. The molecule has 0 fully saturated rings. The molecule has 9 nitrogen and oxygen atoms in total. The van der Waals surface area contributed by atoms with Crippen molar-refractivity contribution in [3.05, 3.63) is 58.1 Å². The number of ether oxygens (including phenoxy) is 2. The molecule has 1 atom stereocenters. The van der Waals surface area contributed by atoms with E-state index in [9.17, 15) is 28.1 Å². The summed E-state index contributed by atoms with van der Waals surface area (Å²) in [6.45, 7) is 1.34. The lowest BCUT2D eigenvalue weighted by Gasteiger charge is -2.18. The predicted octanol–water partition coefficient (Wildman–Crippen LogP) is 3.41. The van der Waals surface area contributed by atoms with E-state index in [1.54, 1.807) is 0 Å². The molecule has 1 amide bonds. The highest BCUT2D eigenvalue weighted by molar-refractivity contribution is 7.80. The molecule has 2 rings (SSSR count). The number of thiocarbonyl (C=S) groups is 1. The van der Waals surface area contributed by atoms with Crippen molar-refractivity contribution < 1.29 is 32.4 Å². The number of nitro benzene ring substituents is 1. The minimum absolute atomic E-state index is 0.0771. The Morgan fingerprint density at radius 1 is 1.19 bits per heavy atom. The van der Waals surface area contributed by atoms with Crippen LogP contribution in [0.5, 0.6) is 11.5 Å². The van der Waals surface area contributed by atoms with Gasteiger partial charge in [0.1, 0.15) is 11.5 Å². The van der Waals surface area contributed by atoms with E-state index in [1.807, 2.05) is 0 Å². The molecule has 0 aromatic heterocycles. The summed E-state index contributed by atoms with van der Waals surface area (Å²) < 4.78 is 48.6. The highest BCUT2D eigenvalue weighted by Crippen LogP contribution is 2.31. The zero-order valence-corrected chi connectivity index (χ0v) is 17.0. The molecular formula is C18H17F3N4O5S. The van der Waals surface area contributed by atoms with Crippen molar-refractivity contribution >= 4 is 34.6 Å². The van der Waals surface area contributed by atoms with Gasteiger partial charge in [-0.25, -0.2) is 0 Å². The lowest BCUT2D eigenvalue weighted by Crippen LogP contribution is -2.48. The van der Waals surface area contributed by atoms with Crippen LogP contribution in [-0.2, 0) is 11.0 Å². The summed E-state index contributed by atoms with van der Waals surface area (Å²) >= 11 is 5.03. The molecule has 0 bridgehead atoms. The number of benzene rings is 2. The molecule has 0 saturated carbocycles. The summed E-state index contributed by atoms with van der Waals surface area (Å²) in [5.41, 5.74) is 3.85. The van der Waals surface area contributed by atoms with Crippen LogP contribution in [0.4, 0.5) is 24.5 Å². The predicted molar refractivity (Wildman–Crippen MR) is 109 cm³/mol. The fourth-order valence-electron chi connectivity index (χ4n) is 2.27.